The fraction of sp³-hybridized carbons (Fsp3) is 0.353. The van der Waals surface area contributed by atoms with E-state index in [4.69, 9.17) is 14.7 Å². The van der Waals surface area contributed by atoms with Gasteiger partial charge in [-0.3, -0.25) is 14.6 Å². The molecule has 2 atom stereocenters. The van der Waals surface area contributed by atoms with Crippen molar-refractivity contribution in [2.75, 3.05) is 7.11 Å². The van der Waals surface area contributed by atoms with Crippen molar-refractivity contribution < 1.29 is 14.3 Å². The quantitative estimate of drug-likeness (QED) is 0.322. The van der Waals surface area contributed by atoms with Crippen molar-refractivity contribution in [1.29, 1.82) is 0 Å². The van der Waals surface area contributed by atoms with Crippen molar-refractivity contribution in [3.8, 4) is 0 Å². The second-order valence-electron chi connectivity index (χ2n) is 11.4. The molecule has 0 fully saturated rings. The van der Waals surface area contributed by atoms with Crippen LogP contribution in [0.2, 0.25) is 0 Å². The van der Waals surface area contributed by atoms with Crippen molar-refractivity contribution >= 4 is 51.0 Å². The predicted molar refractivity (Wildman–Crippen MR) is 164 cm³/mol. The van der Waals surface area contributed by atoms with E-state index in [-0.39, 0.29) is 23.6 Å². The molecule has 41 heavy (non-hydrogen) atoms. The van der Waals surface area contributed by atoms with Crippen molar-refractivity contribution in [3.05, 3.63) is 75.4 Å². The minimum absolute atomic E-state index is 0.0192. The van der Waals surface area contributed by atoms with Gasteiger partial charge in [0.2, 0.25) is 0 Å². The largest absolute Gasteiger partial charge is 0.469 e. The molecule has 1 unspecified atom stereocenters. The third-order valence-electron chi connectivity index (χ3n) is 9.24. The molecule has 2 N–H and O–H groups in total. The van der Waals surface area contributed by atoms with Gasteiger partial charge in [0.15, 0.2) is 5.78 Å². The van der Waals surface area contributed by atoms with E-state index in [0.717, 1.165) is 84.7 Å². The van der Waals surface area contributed by atoms with Crippen LogP contribution >= 0.6 is 0 Å². The maximum Gasteiger partial charge on any atom is 0.305 e. The van der Waals surface area contributed by atoms with Gasteiger partial charge in [0, 0.05) is 63.6 Å². The van der Waals surface area contributed by atoms with Gasteiger partial charge >= 0.3 is 5.97 Å². The van der Waals surface area contributed by atoms with Crippen LogP contribution in [-0.4, -0.2) is 38.8 Å². The number of ether oxygens (including phenoxy) is 1. The summed E-state index contributed by atoms with van der Waals surface area (Å²) >= 11 is 0. The summed E-state index contributed by atoms with van der Waals surface area (Å²) in [5.74, 6) is -0.114. The number of ketones is 1. The number of allylic oxidation sites excluding steroid dienone is 2. The predicted octanol–water partition coefficient (Wildman–Crippen LogP) is 7.49. The van der Waals surface area contributed by atoms with E-state index in [2.05, 4.69) is 62.4 Å². The Hall–Kier alpha value is -4.26. The normalized spacial score (nSPS) is 17.9. The SMILES string of the molecule is C=Cc1c(C)c2cc3nc(c4c5[nH]c(cc6nc(cc1[nH]2)C(C)=C6CC)c(C)c5C(=O)C4)C(CCC(=O)OC)[C@@H]3C. The molecular formula is C34H36N4O3. The zero-order chi connectivity index (χ0) is 29.2. The summed E-state index contributed by atoms with van der Waals surface area (Å²) in [7, 11) is 1.42. The van der Waals surface area contributed by atoms with Crippen LogP contribution in [-0.2, 0) is 16.0 Å². The monoisotopic (exact) mass is 548 g/mol. The number of Topliss-reactive ketones (excluding diaryl/α,β-unsaturated/α-hetero) is 1. The van der Waals surface area contributed by atoms with E-state index in [0.29, 0.717) is 19.3 Å². The minimum atomic E-state index is -0.243. The molecule has 7 heteroatoms. The molecule has 0 aromatic carbocycles. The average Bonchev–Trinajstić information content (AvgIpc) is 3.70. The van der Waals surface area contributed by atoms with E-state index in [1.54, 1.807) is 0 Å². The highest BCUT2D eigenvalue weighted by atomic mass is 16.5. The summed E-state index contributed by atoms with van der Waals surface area (Å²) in [5.41, 5.74) is 14.4. The van der Waals surface area contributed by atoms with Crippen LogP contribution < -0.4 is 0 Å². The highest BCUT2D eigenvalue weighted by Gasteiger charge is 2.36. The smallest absolute Gasteiger partial charge is 0.305 e. The van der Waals surface area contributed by atoms with Gasteiger partial charge in [-0.05, 0) is 74.1 Å². The zero-order valence-corrected chi connectivity index (χ0v) is 24.6. The number of hydrogen-bond acceptors (Lipinski definition) is 5. The lowest BCUT2D eigenvalue weighted by molar-refractivity contribution is -0.140. The average molecular weight is 549 g/mol. The maximum absolute atomic E-state index is 13.4. The summed E-state index contributed by atoms with van der Waals surface area (Å²) in [6.07, 6.45) is 3.92. The number of aryl methyl sites for hydroxylation is 2. The van der Waals surface area contributed by atoms with E-state index in [1.807, 2.05) is 13.0 Å². The van der Waals surface area contributed by atoms with E-state index in [1.165, 1.54) is 12.7 Å². The molecule has 1 aliphatic carbocycles. The van der Waals surface area contributed by atoms with Gasteiger partial charge in [-0.1, -0.05) is 26.5 Å². The van der Waals surface area contributed by atoms with Gasteiger partial charge < -0.3 is 14.7 Å². The molecule has 3 aromatic rings. The molecule has 0 spiro atoms. The Morgan fingerprint density at radius 2 is 1.80 bits per heavy atom. The molecule has 5 heterocycles. The highest BCUT2D eigenvalue weighted by molar-refractivity contribution is 6.13. The van der Waals surface area contributed by atoms with Crippen LogP contribution in [0.1, 0.15) is 107 Å². The van der Waals surface area contributed by atoms with Gasteiger partial charge in [0.05, 0.1) is 29.7 Å². The topological polar surface area (TPSA) is 101 Å². The van der Waals surface area contributed by atoms with Gasteiger partial charge in [0.25, 0.3) is 0 Å². The van der Waals surface area contributed by atoms with Gasteiger partial charge in [-0.2, -0.15) is 0 Å². The Labute approximate surface area is 239 Å². The molecule has 0 saturated heterocycles. The second-order valence-corrected chi connectivity index (χ2v) is 11.4. The highest BCUT2D eigenvalue weighted by Crippen LogP contribution is 2.44. The lowest BCUT2D eigenvalue weighted by Gasteiger charge is -2.16. The Bertz CT molecular complexity index is 1850. The van der Waals surface area contributed by atoms with Crippen LogP contribution in [0.25, 0.3) is 39.3 Å². The number of esters is 1. The number of carbonyl (C=O) groups excluding carboxylic acids is 2. The van der Waals surface area contributed by atoms with Crippen LogP contribution in [0.4, 0.5) is 0 Å². The molecule has 6 rings (SSSR count). The molecule has 0 amide bonds. The molecule has 7 nitrogen and oxygen atoms in total. The number of aromatic amines is 2. The summed E-state index contributed by atoms with van der Waals surface area (Å²) in [4.78, 5) is 43.0. The lowest BCUT2D eigenvalue weighted by Crippen LogP contribution is -2.09. The van der Waals surface area contributed by atoms with Gasteiger partial charge in [-0.25, -0.2) is 4.98 Å². The lowest BCUT2D eigenvalue weighted by atomic mass is 9.85. The van der Waals surface area contributed by atoms with Crippen LogP contribution in [0.5, 0.6) is 0 Å². The standard InChI is InChI=1S/C34H36N4O3/c1-8-20-16(3)24-13-26-18(5)22(10-11-31(40)41-7)33(37-26)23-12-30(39)32-19(6)27(38-34(23)32)15-29-21(9-2)17(4)25(36-29)14-28(20)35-24/h8,13-15,18,22,35,38H,1,9-12H2,2-7H3/t18-,22?/m0/s1. The molecule has 0 saturated carbocycles. The van der Waals surface area contributed by atoms with Gasteiger partial charge in [-0.15, -0.1) is 0 Å². The fourth-order valence-electron chi connectivity index (χ4n) is 6.80. The number of carbonyl (C=O) groups is 2. The Morgan fingerprint density at radius 3 is 2.51 bits per heavy atom. The molecular weight excluding hydrogens is 512 g/mol. The van der Waals surface area contributed by atoms with E-state index < -0.39 is 0 Å². The number of H-pyrrole nitrogens is 2. The minimum Gasteiger partial charge on any atom is -0.469 e. The number of rotatable bonds is 5. The number of methoxy groups -OCH3 is 1. The first-order valence-electron chi connectivity index (χ1n) is 14.4. The number of nitrogens with zero attached hydrogens (tertiary/aromatic N) is 2. The summed E-state index contributed by atoms with van der Waals surface area (Å²) < 4.78 is 4.96. The third-order valence-corrected chi connectivity index (χ3v) is 9.24. The number of aromatic nitrogens is 4. The first-order valence-corrected chi connectivity index (χ1v) is 14.4. The number of fused-ring (bicyclic) bond motifs is 8. The Morgan fingerprint density at radius 1 is 1.07 bits per heavy atom. The fourth-order valence-corrected chi connectivity index (χ4v) is 6.80. The summed E-state index contributed by atoms with van der Waals surface area (Å²) in [6.45, 7) is 14.6. The molecule has 2 aliphatic heterocycles. The first-order chi connectivity index (χ1) is 19.7. The molecule has 3 aliphatic rings. The first kappa shape index (κ1) is 26.9. The van der Waals surface area contributed by atoms with Crippen LogP contribution in [0.15, 0.2) is 24.8 Å². The van der Waals surface area contributed by atoms with Crippen LogP contribution in [0.3, 0.4) is 0 Å². The van der Waals surface area contributed by atoms with Crippen molar-refractivity contribution in [2.45, 2.75) is 72.1 Å². The van der Waals surface area contributed by atoms with Gasteiger partial charge in [0.1, 0.15) is 0 Å². The Kier molecular flexibility index (Phi) is 6.56. The second kappa shape index (κ2) is 9.98. The molecule has 3 aromatic heterocycles. The van der Waals surface area contributed by atoms with Crippen molar-refractivity contribution in [3.63, 3.8) is 0 Å². The molecule has 8 bridgehead atoms. The van der Waals surface area contributed by atoms with Crippen LogP contribution in [0, 0.1) is 13.8 Å². The number of hydrogen-bond donors (Lipinski definition) is 2. The summed E-state index contributed by atoms with van der Waals surface area (Å²) in [6, 6.07) is 6.29. The zero-order valence-electron chi connectivity index (χ0n) is 24.6. The summed E-state index contributed by atoms with van der Waals surface area (Å²) in [5, 5.41) is 0. The maximum atomic E-state index is 13.4. The third kappa shape index (κ3) is 4.17. The molecule has 0 radical (unpaired) electrons. The molecule has 210 valence electrons. The van der Waals surface area contributed by atoms with Crippen molar-refractivity contribution in [1.82, 2.24) is 19.9 Å². The number of nitrogens with one attached hydrogen (secondary N) is 2. The Balaban J connectivity index is 1.74. The van der Waals surface area contributed by atoms with Crippen molar-refractivity contribution in [2.24, 2.45) is 0 Å². The van der Waals surface area contributed by atoms with E-state index in [9.17, 15) is 9.59 Å². The van der Waals surface area contributed by atoms with E-state index >= 15 is 0 Å².